The molecule has 2 heterocycles. The SMILES string of the molecule is CC1(C)COCCN1C(=O)c1cccc2c1NCCN2. The lowest BCUT2D eigenvalue weighted by Gasteiger charge is -2.42. The highest BCUT2D eigenvalue weighted by Crippen LogP contribution is 2.31. The molecule has 0 unspecified atom stereocenters. The molecule has 1 fully saturated rings. The van der Waals surface area contributed by atoms with Crippen molar-refractivity contribution < 1.29 is 9.53 Å². The molecule has 0 bridgehead atoms. The fourth-order valence-electron chi connectivity index (χ4n) is 2.83. The molecule has 2 aliphatic heterocycles. The van der Waals surface area contributed by atoms with Crippen LogP contribution in [0.1, 0.15) is 24.2 Å². The van der Waals surface area contributed by atoms with E-state index in [0.29, 0.717) is 19.8 Å². The lowest BCUT2D eigenvalue weighted by Crippen LogP contribution is -2.55. The Kier molecular flexibility index (Phi) is 3.30. The molecular formula is C15H21N3O2. The summed E-state index contributed by atoms with van der Waals surface area (Å²) in [6.07, 6.45) is 0. The number of nitrogens with zero attached hydrogens (tertiary/aromatic N) is 1. The van der Waals surface area contributed by atoms with Gasteiger partial charge in [-0.3, -0.25) is 4.79 Å². The highest BCUT2D eigenvalue weighted by molar-refractivity contribution is 6.03. The van der Waals surface area contributed by atoms with Crippen LogP contribution >= 0.6 is 0 Å². The minimum Gasteiger partial charge on any atom is -0.382 e. The van der Waals surface area contributed by atoms with Gasteiger partial charge in [0.25, 0.3) is 5.91 Å². The van der Waals surface area contributed by atoms with Crippen molar-refractivity contribution in [3.63, 3.8) is 0 Å². The molecule has 3 rings (SSSR count). The van der Waals surface area contributed by atoms with Crippen LogP contribution in [0.15, 0.2) is 18.2 Å². The summed E-state index contributed by atoms with van der Waals surface area (Å²) in [6, 6.07) is 5.83. The first-order valence-corrected chi connectivity index (χ1v) is 7.10. The summed E-state index contributed by atoms with van der Waals surface area (Å²) < 4.78 is 5.49. The van der Waals surface area contributed by atoms with Crippen LogP contribution in [0.5, 0.6) is 0 Å². The number of nitrogens with one attached hydrogen (secondary N) is 2. The second-order valence-corrected chi connectivity index (χ2v) is 5.90. The molecule has 0 aliphatic carbocycles. The van der Waals surface area contributed by atoms with Crippen LogP contribution in [-0.4, -0.2) is 49.2 Å². The number of anilines is 2. The van der Waals surface area contributed by atoms with Gasteiger partial charge in [0, 0.05) is 19.6 Å². The maximum absolute atomic E-state index is 12.9. The molecule has 0 atom stereocenters. The third kappa shape index (κ3) is 2.22. The van der Waals surface area contributed by atoms with Gasteiger partial charge in [0.2, 0.25) is 0 Å². The van der Waals surface area contributed by atoms with E-state index in [4.69, 9.17) is 4.74 Å². The van der Waals surface area contributed by atoms with E-state index in [-0.39, 0.29) is 11.4 Å². The maximum Gasteiger partial charge on any atom is 0.256 e. The average molecular weight is 275 g/mol. The number of hydrogen-bond acceptors (Lipinski definition) is 4. The minimum absolute atomic E-state index is 0.0753. The topological polar surface area (TPSA) is 53.6 Å². The molecule has 0 radical (unpaired) electrons. The fraction of sp³-hybridized carbons (Fsp3) is 0.533. The van der Waals surface area contributed by atoms with Crippen LogP contribution in [-0.2, 0) is 4.74 Å². The minimum atomic E-state index is -0.264. The number of rotatable bonds is 1. The van der Waals surface area contributed by atoms with E-state index in [1.165, 1.54) is 0 Å². The molecule has 2 N–H and O–H groups in total. The molecule has 1 aromatic rings. The molecule has 5 heteroatoms. The van der Waals surface area contributed by atoms with Gasteiger partial charge in [0.1, 0.15) is 0 Å². The van der Waals surface area contributed by atoms with Crippen molar-refractivity contribution in [2.75, 3.05) is 43.5 Å². The van der Waals surface area contributed by atoms with E-state index >= 15 is 0 Å². The zero-order chi connectivity index (χ0) is 14.2. The lowest BCUT2D eigenvalue weighted by molar-refractivity contribution is -0.0370. The van der Waals surface area contributed by atoms with E-state index in [1.807, 2.05) is 36.9 Å². The van der Waals surface area contributed by atoms with Crippen molar-refractivity contribution in [1.29, 1.82) is 0 Å². The Morgan fingerprint density at radius 3 is 2.90 bits per heavy atom. The molecule has 2 aliphatic rings. The second kappa shape index (κ2) is 4.98. The van der Waals surface area contributed by atoms with Gasteiger partial charge in [-0.05, 0) is 26.0 Å². The summed E-state index contributed by atoms with van der Waals surface area (Å²) in [7, 11) is 0. The standard InChI is InChI=1S/C15H21N3O2/c1-15(2)10-20-9-8-18(15)14(19)11-4-3-5-12-13(11)17-7-6-16-12/h3-5,16-17H,6-10H2,1-2H3. The number of carbonyl (C=O) groups is 1. The Morgan fingerprint density at radius 1 is 1.30 bits per heavy atom. The van der Waals surface area contributed by atoms with Crippen molar-refractivity contribution in [2.24, 2.45) is 0 Å². The van der Waals surface area contributed by atoms with Crippen molar-refractivity contribution >= 4 is 17.3 Å². The van der Waals surface area contributed by atoms with Gasteiger partial charge >= 0.3 is 0 Å². The fourth-order valence-corrected chi connectivity index (χ4v) is 2.83. The van der Waals surface area contributed by atoms with Gasteiger partial charge in [-0.1, -0.05) is 6.07 Å². The summed E-state index contributed by atoms with van der Waals surface area (Å²) in [5.41, 5.74) is 2.41. The van der Waals surface area contributed by atoms with Crippen LogP contribution in [0.3, 0.4) is 0 Å². The molecule has 108 valence electrons. The maximum atomic E-state index is 12.9. The first kappa shape index (κ1) is 13.2. The highest BCUT2D eigenvalue weighted by Gasteiger charge is 2.35. The predicted octanol–water partition coefficient (Wildman–Crippen LogP) is 1.77. The van der Waals surface area contributed by atoms with E-state index in [0.717, 1.165) is 30.0 Å². The Hall–Kier alpha value is -1.75. The Bertz CT molecular complexity index is 528. The average Bonchev–Trinajstić information content (AvgIpc) is 2.45. The lowest BCUT2D eigenvalue weighted by atomic mass is 9.99. The zero-order valence-corrected chi connectivity index (χ0v) is 12.0. The smallest absolute Gasteiger partial charge is 0.256 e. The summed E-state index contributed by atoms with van der Waals surface area (Å²) in [5, 5.41) is 6.66. The Balaban J connectivity index is 1.94. The predicted molar refractivity (Wildman–Crippen MR) is 79.4 cm³/mol. The van der Waals surface area contributed by atoms with Crippen LogP contribution in [0, 0.1) is 0 Å². The van der Waals surface area contributed by atoms with Crippen LogP contribution in [0.4, 0.5) is 11.4 Å². The number of hydrogen-bond donors (Lipinski definition) is 2. The number of para-hydroxylation sites is 1. The highest BCUT2D eigenvalue weighted by atomic mass is 16.5. The number of amides is 1. The molecular weight excluding hydrogens is 254 g/mol. The quantitative estimate of drug-likeness (QED) is 0.820. The normalized spacial score (nSPS) is 20.6. The summed E-state index contributed by atoms with van der Waals surface area (Å²) in [4.78, 5) is 14.8. The van der Waals surface area contributed by atoms with Crippen LogP contribution < -0.4 is 10.6 Å². The number of carbonyl (C=O) groups excluding carboxylic acids is 1. The van der Waals surface area contributed by atoms with E-state index < -0.39 is 0 Å². The molecule has 1 amide bonds. The monoisotopic (exact) mass is 275 g/mol. The van der Waals surface area contributed by atoms with E-state index in [9.17, 15) is 4.79 Å². The Morgan fingerprint density at radius 2 is 2.10 bits per heavy atom. The number of fused-ring (bicyclic) bond motifs is 1. The number of ether oxygens (including phenoxy) is 1. The van der Waals surface area contributed by atoms with Crippen molar-refractivity contribution in [3.8, 4) is 0 Å². The third-order valence-corrected chi connectivity index (χ3v) is 3.93. The van der Waals surface area contributed by atoms with Gasteiger partial charge in [-0.2, -0.15) is 0 Å². The number of morpholine rings is 1. The first-order valence-electron chi connectivity index (χ1n) is 7.10. The van der Waals surface area contributed by atoms with Gasteiger partial charge in [-0.25, -0.2) is 0 Å². The molecule has 0 saturated carbocycles. The van der Waals surface area contributed by atoms with E-state index in [2.05, 4.69) is 10.6 Å². The molecule has 5 nitrogen and oxygen atoms in total. The first-order chi connectivity index (χ1) is 9.59. The summed E-state index contributed by atoms with van der Waals surface area (Å²) >= 11 is 0. The van der Waals surface area contributed by atoms with Gasteiger partial charge in [0.15, 0.2) is 0 Å². The summed E-state index contributed by atoms with van der Waals surface area (Å²) in [5.74, 6) is 0.0753. The number of benzene rings is 1. The second-order valence-electron chi connectivity index (χ2n) is 5.90. The van der Waals surface area contributed by atoms with Crippen molar-refractivity contribution in [1.82, 2.24) is 4.90 Å². The zero-order valence-electron chi connectivity index (χ0n) is 12.0. The van der Waals surface area contributed by atoms with Crippen LogP contribution in [0.2, 0.25) is 0 Å². The van der Waals surface area contributed by atoms with Crippen LogP contribution in [0.25, 0.3) is 0 Å². The molecule has 1 aromatic carbocycles. The van der Waals surface area contributed by atoms with Crippen molar-refractivity contribution in [2.45, 2.75) is 19.4 Å². The third-order valence-electron chi connectivity index (χ3n) is 3.93. The van der Waals surface area contributed by atoms with E-state index in [1.54, 1.807) is 0 Å². The summed E-state index contributed by atoms with van der Waals surface area (Å²) in [6.45, 7) is 7.64. The Labute approximate surface area is 119 Å². The molecule has 20 heavy (non-hydrogen) atoms. The molecule has 1 saturated heterocycles. The largest absolute Gasteiger partial charge is 0.382 e. The van der Waals surface area contributed by atoms with Crippen molar-refractivity contribution in [3.05, 3.63) is 23.8 Å². The molecule has 0 spiro atoms. The van der Waals surface area contributed by atoms with Gasteiger partial charge in [0.05, 0.1) is 35.7 Å². The molecule has 0 aromatic heterocycles. The van der Waals surface area contributed by atoms with Gasteiger partial charge in [-0.15, -0.1) is 0 Å². The van der Waals surface area contributed by atoms with Gasteiger partial charge < -0.3 is 20.3 Å².